The van der Waals surface area contributed by atoms with E-state index in [9.17, 15) is 19.5 Å². The molecule has 7 heteroatoms. The van der Waals surface area contributed by atoms with Crippen LogP contribution in [0.5, 0.6) is 11.5 Å². The molecule has 0 bridgehead atoms. The summed E-state index contributed by atoms with van der Waals surface area (Å²) in [6, 6.07) is 10.6. The molecule has 2 aliphatic carbocycles. The summed E-state index contributed by atoms with van der Waals surface area (Å²) in [6.45, 7) is 9.31. The second-order valence-corrected chi connectivity index (χ2v) is 10.7. The first-order chi connectivity index (χ1) is 19.9. The number of ketones is 2. The Labute approximate surface area is 241 Å². The lowest BCUT2D eigenvalue weighted by molar-refractivity contribution is -0.117. The van der Waals surface area contributed by atoms with Gasteiger partial charge in [-0.15, -0.1) is 6.58 Å². The number of allylic oxidation sites excluding steroid dienone is 5. The first-order valence-electron chi connectivity index (χ1n) is 14.5. The molecule has 2 aromatic carbocycles. The Morgan fingerprint density at radius 1 is 0.976 bits per heavy atom. The highest BCUT2D eigenvalue weighted by Gasteiger charge is 2.43. The molecule has 41 heavy (non-hydrogen) atoms. The van der Waals surface area contributed by atoms with E-state index in [0.717, 1.165) is 71.5 Å². The van der Waals surface area contributed by atoms with Crippen LogP contribution in [0.1, 0.15) is 85.3 Å². The number of hydrogen-bond acceptors (Lipinski definition) is 6. The number of Topliss-reactive ketones (excluding diaryl/α,β-unsaturated/α-hetero) is 2. The van der Waals surface area contributed by atoms with Gasteiger partial charge in [0.1, 0.15) is 6.61 Å². The van der Waals surface area contributed by atoms with E-state index in [0.29, 0.717) is 37.4 Å². The van der Waals surface area contributed by atoms with E-state index in [1.807, 2.05) is 19.1 Å². The van der Waals surface area contributed by atoms with Crippen LogP contribution in [-0.2, 0) is 22.6 Å². The number of nitrogens with zero attached hydrogens (tertiary/aromatic N) is 1. The van der Waals surface area contributed by atoms with Crippen LogP contribution in [0.15, 0.2) is 71.6 Å². The highest BCUT2D eigenvalue weighted by molar-refractivity contribution is 6.06. The summed E-state index contributed by atoms with van der Waals surface area (Å²) < 4.78 is 12.4. The third kappa shape index (κ3) is 5.45. The summed E-state index contributed by atoms with van der Waals surface area (Å²) in [4.78, 5) is 40.5. The standard InChI is InChI=1S/C34H37NO6/c1-4-9-23-18-24(19-29(40-6-3)33(23)41-20-21-14-16-22(17-15-21)34(38)39)30-31-25(10-7-12-27(31)36)35(5-2)26-11-8-13-28(37)32(26)30/h4,14-19,30H,1,5-13,20H2,2-3H3,(H,38,39). The number of hydrogen-bond donors (Lipinski definition) is 1. The number of benzene rings is 2. The van der Waals surface area contributed by atoms with Gasteiger partial charge in [0.05, 0.1) is 12.2 Å². The van der Waals surface area contributed by atoms with E-state index in [1.54, 1.807) is 30.3 Å². The van der Waals surface area contributed by atoms with Crippen molar-refractivity contribution in [3.05, 3.63) is 93.8 Å². The monoisotopic (exact) mass is 555 g/mol. The molecule has 0 atom stereocenters. The SMILES string of the molecule is C=CCc1cc(C2C3=C(CCCC3=O)N(CC)C3=C2C(=O)CCC3)cc(OCC)c1OCc1ccc(C(=O)O)cc1. The molecule has 2 aromatic rings. The number of ether oxygens (including phenoxy) is 2. The molecular weight excluding hydrogens is 518 g/mol. The van der Waals surface area contributed by atoms with Crippen molar-refractivity contribution in [2.24, 2.45) is 0 Å². The fourth-order valence-corrected chi connectivity index (χ4v) is 6.41. The molecular formula is C34H37NO6. The normalized spacial score (nSPS) is 17.4. The zero-order valence-electron chi connectivity index (χ0n) is 23.8. The molecule has 0 saturated carbocycles. The molecule has 1 heterocycles. The third-order valence-electron chi connectivity index (χ3n) is 8.14. The van der Waals surface area contributed by atoms with Gasteiger partial charge in [-0.2, -0.15) is 0 Å². The van der Waals surface area contributed by atoms with Crippen LogP contribution in [0.3, 0.4) is 0 Å². The minimum Gasteiger partial charge on any atom is -0.490 e. The predicted octanol–water partition coefficient (Wildman–Crippen LogP) is 6.52. The quantitative estimate of drug-likeness (QED) is 0.334. The summed E-state index contributed by atoms with van der Waals surface area (Å²) in [5.74, 6) is -0.0335. The highest BCUT2D eigenvalue weighted by atomic mass is 16.5. The Kier molecular flexibility index (Phi) is 8.43. The van der Waals surface area contributed by atoms with Gasteiger partial charge in [0.2, 0.25) is 0 Å². The van der Waals surface area contributed by atoms with E-state index in [-0.39, 0.29) is 23.7 Å². The van der Waals surface area contributed by atoms with Crippen molar-refractivity contribution >= 4 is 17.5 Å². The largest absolute Gasteiger partial charge is 0.490 e. The lowest BCUT2D eigenvalue weighted by Gasteiger charge is -2.43. The fourth-order valence-electron chi connectivity index (χ4n) is 6.41. The second-order valence-electron chi connectivity index (χ2n) is 10.7. The van der Waals surface area contributed by atoms with Crippen molar-refractivity contribution in [3.63, 3.8) is 0 Å². The van der Waals surface area contributed by atoms with Gasteiger partial charge in [-0.05, 0) is 75.3 Å². The average Bonchev–Trinajstić information content (AvgIpc) is 2.96. The number of carboxylic acids is 1. The highest BCUT2D eigenvalue weighted by Crippen LogP contribution is 2.50. The summed E-state index contributed by atoms with van der Waals surface area (Å²) in [5, 5.41) is 9.21. The molecule has 3 aliphatic rings. The Balaban J connectivity index is 1.61. The first-order valence-corrected chi connectivity index (χ1v) is 14.5. The molecule has 5 rings (SSSR count). The summed E-state index contributed by atoms with van der Waals surface area (Å²) in [6.07, 6.45) is 6.59. The molecule has 0 spiro atoms. The van der Waals surface area contributed by atoms with Crippen molar-refractivity contribution < 1.29 is 29.0 Å². The lowest BCUT2D eigenvalue weighted by Crippen LogP contribution is -2.39. The number of carbonyl (C=O) groups excluding carboxylic acids is 2. The van der Waals surface area contributed by atoms with Crippen molar-refractivity contribution in [1.82, 2.24) is 4.90 Å². The zero-order chi connectivity index (χ0) is 29.1. The Morgan fingerprint density at radius 3 is 2.15 bits per heavy atom. The summed E-state index contributed by atoms with van der Waals surface area (Å²) >= 11 is 0. The van der Waals surface area contributed by atoms with Gasteiger partial charge >= 0.3 is 5.97 Å². The fraction of sp³-hybridized carbons (Fsp3) is 0.382. The van der Waals surface area contributed by atoms with E-state index in [2.05, 4.69) is 18.4 Å². The number of rotatable bonds is 10. The maximum Gasteiger partial charge on any atom is 0.335 e. The van der Waals surface area contributed by atoms with E-state index in [4.69, 9.17) is 9.47 Å². The summed E-state index contributed by atoms with van der Waals surface area (Å²) in [7, 11) is 0. The van der Waals surface area contributed by atoms with Gasteiger partial charge in [-0.25, -0.2) is 4.79 Å². The van der Waals surface area contributed by atoms with E-state index >= 15 is 0 Å². The van der Waals surface area contributed by atoms with Crippen molar-refractivity contribution in [1.29, 1.82) is 0 Å². The Bertz CT molecular complexity index is 1400. The minimum atomic E-state index is -0.978. The molecule has 0 saturated heterocycles. The van der Waals surface area contributed by atoms with Gasteiger partial charge < -0.3 is 19.5 Å². The number of aromatic carboxylic acids is 1. The van der Waals surface area contributed by atoms with Gasteiger partial charge in [-0.1, -0.05) is 24.3 Å². The van der Waals surface area contributed by atoms with Crippen LogP contribution in [0, 0.1) is 0 Å². The van der Waals surface area contributed by atoms with E-state index < -0.39 is 11.9 Å². The molecule has 1 N–H and O–H groups in total. The molecule has 0 fully saturated rings. The zero-order valence-corrected chi connectivity index (χ0v) is 23.8. The second kappa shape index (κ2) is 12.2. The maximum atomic E-state index is 13.5. The van der Waals surface area contributed by atoms with Crippen molar-refractivity contribution in [2.45, 2.75) is 71.3 Å². The average molecular weight is 556 g/mol. The lowest BCUT2D eigenvalue weighted by atomic mass is 9.70. The topological polar surface area (TPSA) is 93.1 Å². The van der Waals surface area contributed by atoms with Gasteiger partial charge in [0, 0.05) is 53.4 Å². The molecule has 0 unspecified atom stereocenters. The van der Waals surface area contributed by atoms with E-state index in [1.165, 1.54) is 0 Å². The molecule has 0 radical (unpaired) electrons. The van der Waals surface area contributed by atoms with Crippen LogP contribution in [0.25, 0.3) is 0 Å². The van der Waals surface area contributed by atoms with Crippen LogP contribution < -0.4 is 9.47 Å². The predicted molar refractivity (Wildman–Crippen MR) is 156 cm³/mol. The first kappa shape index (κ1) is 28.4. The number of carbonyl (C=O) groups is 3. The van der Waals surface area contributed by atoms with Gasteiger partial charge in [0.15, 0.2) is 23.1 Å². The van der Waals surface area contributed by atoms with Crippen molar-refractivity contribution in [3.8, 4) is 11.5 Å². The van der Waals surface area contributed by atoms with Crippen LogP contribution in [-0.4, -0.2) is 40.7 Å². The van der Waals surface area contributed by atoms with Crippen LogP contribution in [0.4, 0.5) is 0 Å². The third-order valence-corrected chi connectivity index (χ3v) is 8.14. The van der Waals surface area contributed by atoms with Gasteiger partial charge in [0.25, 0.3) is 0 Å². The molecule has 0 aromatic heterocycles. The molecule has 7 nitrogen and oxygen atoms in total. The van der Waals surface area contributed by atoms with Crippen molar-refractivity contribution in [2.75, 3.05) is 13.2 Å². The minimum absolute atomic E-state index is 0.119. The number of carboxylic acid groups (broad SMARTS) is 1. The summed E-state index contributed by atoms with van der Waals surface area (Å²) in [5.41, 5.74) is 6.40. The molecule has 0 amide bonds. The molecule has 1 aliphatic heterocycles. The molecule has 214 valence electrons. The van der Waals surface area contributed by atoms with Gasteiger partial charge in [-0.3, -0.25) is 9.59 Å². The van der Waals surface area contributed by atoms with Crippen LogP contribution >= 0.6 is 0 Å². The Hall–Kier alpha value is -4.13. The van der Waals surface area contributed by atoms with Crippen LogP contribution in [0.2, 0.25) is 0 Å². The smallest absolute Gasteiger partial charge is 0.335 e. The Morgan fingerprint density at radius 2 is 1.61 bits per heavy atom. The maximum absolute atomic E-state index is 13.5.